The van der Waals surface area contributed by atoms with Gasteiger partial charge in [0.2, 0.25) is 0 Å². The summed E-state index contributed by atoms with van der Waals surface area (Å²) in [6.45, 7) is 2.69. The van der Waals surface area contributed by atoms with Crippen LogP contribution in [-0.2, 0) is 0 Å². The molecule has 5 nitrogen and oxygen atoms in total. The number of nitrogens with one attached hydrogen (secondary N) is 3. The molecule has 3 N–H and O–H groups in total. The number of hydrogen-bond donors (Lipinski definition) is 3. The predicted octanol–water partition coefficient (Wildman–Crippen LogP) is 1.29. The smallest absolute Gasteiger partial charge is 0.319 e. The van der Waals surface area contributed by atoms with Gasteiger partial charge in [-0.1, -0.05) is 0 Å². The molecule has 0 radical (unpaired) electrons. The van der Waals surface area contributed by atoms with Crippen molar-refractivity contribution in [2.24, 2.45) is 5.92 Å². The molecule has 0 aromatic heterocycles. The van der Waals surface area contributed by atoms with E-state index in [0.29, 0.717) is 23.7 Å². The maximum atomic E-state index is 11.6. The molecule has 1 fully saturated rings. The van der Waals surface area contributed by atoms with E-state index in [0.717, 1.165) is 19.5 Å². The molecule has 0 bridgehead atoms. The summed E-state index contributed by atoms with van der Waals surface area (Å²) in [4.78, 5) is 11.6. The maximum absolute atomic E-state index is 11.6. The van der Waals surface area contributed by atoms with E-state index in [9.17, 15) is 4.79 Å². The van der Waals surface area contributed by atoms with Crippen LogP contribution in [0.5, 0.6) is 0 Å². The van der Waals surface area contributed by atoms with Crippen molar-refractivity contribution in [2.75, 3.05) is 25.0 Å². The lowest BCUT2D eigenvalue weighted by atomic mass is 10.1. The largest absolute Gasteiger partial charge is 0.338 e. The Hall–Kier alpha value is -2.06. The first-order valence-corrected chi connectivity index (χ1v) is 6.03. The summed E-state index contributed by atoms with van der Waals surface area (Å²) >= 11 is 0. The Balaban J connectivity index is 1.77. The third-order valence-corrected chi connectivity index (χ3v) is 2.99. The highest BCUT2D eigenvalue weighted by Crippen LogP contribution is 2.09. The number of nitriles is 1. The number of carbonyl (C=O) groups is 1. The quantitative estimate of drug-likeness (QED) is 0.749. The van der Waals surface area contributed by atoms with Crippen LogP contribution >= 0.6 is 0 Å². The molecule has 5 heteroatoms. The minimum atomic E-state index is -0.202. The van der Waals surface area contributed by atoms with E-state index in [1.54, 1.807) is 24.3 Å². The molecule has 2 rings (SSSR count). The minimum absolute atomic E-state index is 0.202. The Morgan fingerprint density at radius 3 is 2.83 bits per heavy atom. The second-order valence-electron chi connectivity index (χ2n) is 4.38. The summed E-state index contributed by atoms with van der Waals surface area (Å²) in [6, 6.07) is 8.62. The fourth-order valence-corrected chi connectivity index (χ4v) is 1.93. The first kappa shape index (κ1) is 12.4. The van der Waals surface area contributed by atoms with Gasteiger partial charge in [0.15, 0.2) is 0 Å². The summed E-state index contributed by atoms with van der Waals surface area (Å²) < 4.78 is 0. The van der Waals surface area contributed by atoms with E-state index < -0.39 is 0 Å². The highest BCUT2D eigenvalue weighted by molar-refractivity contribution is 5.89. The van der Waals surface area contributed by atoms with Crippen LogP contribution in [0.4, 0.5) is 10.5 Å². The van der Waals surface area contributed by atoms with Crippen LogP contribution in [0.3, 0.4) is 0 Å². The average molecular weight is 244 g/mol. The molecule has 0 aliphatic carbocycles. The van der Waals surface area contributed by atoms with Gasteiger partial charge < -0.3 is 16.0 Å². The Kier molecular flexibility index (Phi) is 4.15. The van der Waals surface area contributed by atoms with Crippen LogP contribution in [0.2, 0.25) is 0 Å². The summed E-state index contributed by atoms with van der Waals surface area (Å²) in [7, 11) is 0. The SMILES string of the molecule is N#Cc1ccc(NC(=O)NCC2CCNC2)cc1. The number of benzene rings is 1. The Morgan fingerprint density at radius 1 is 1.44 bits per heavy atom. The van der Waals surface area contributed by atoms with Gasteiger partial charge in [-0.3, -0.25) is 0 Å². The number of anilines is 1. The third-order valence-electron chi connectivity index (χ3n) is 2.99. The Labute approximate surface area is 106 Å². The lowest BCUT2D eigenvalue weighted by Crippen LogP contribution is -2.33. The predicted molar refractivity (Wildman–Crippen MR) is 69.2 cm³/mol. The molecule has 2 amide bonds. The minimum Gasteiger partial charge on any atom is -0.338 e. The van der Waals surface area contributed by atoms with Gasteiger partial charge >= 0.3 is 6.03 Å². The number of rotatable bonds is 3. The number of urea groups is 1. The molecule has 1 heterocycles. The lowest BCUT2D eigenvalue weighted by molar-refractivity contribution is 0.250. The zero-order valence-electron chi connectivity index (χ0n) is 10.1. The summed E-state index contributed by atoms with van der Waals surface area (Å²) in [5.41, 5.74) is 1.27. The van der Waals surface area contributed by atoms with Gasteiger partial charge in [0.05, 0.1) is 11.6 Å². The van der Waals surface area contributed by atoms with Crippen molar-refractivity contribution >= 4 is 11.7 Å². The molecular formula is C13H16N4O. The van der Waals surface area contributed by atoms with Gasteiger partial charge in [0.25, 0.3) is 0 Å². The normalized spacial score (nSPS) is 18.1. The first-order valence-electron chi connectivity index (χ1n) is 6.03. The molecule has 1 aliphatic heterocycles. The van der Waals surface area contributed by atoms with Gasteiger partial charge in [0, 0.05) is 12.2 Å². The van der Waals surface area contributed by atoms with E-state index in [1.165, 1.54) is 0 Å². The van der Waals surface area contributed by atoms with Crippen molar-refractivity contribution in [3.63, 3.8) is 0 Å². The van der Waals surface area contributed by atoms with Gasteiger partial charge in [-0.2, -0.15) is 5.26 Å². The van der Waals surface area contributed by atoms with Crippen LogP contribution in [0, 0.1) is 17.2 Å². The Morgan fingerprint density at radius 2 is 2.22 bits per heavy atom. The second-order valence-corrected chi connectivity index (χ2v) is 4.38. The van der Waals surface area contributed by atoms with Crippen molar-refractivity contribution in [1.29, 1.82) is 5.26 Å². The second kappa shape index (κ2) is 6.03. The van der Waals surface area contributed by atoms with Crippen molar-refractivity contribution in [3.05, 3.63) is 29.8 Å². The zero-order valence-corrected chi connectivity index (χ0v) is 10.1. The topological polar surface area (TPSA) is 77.0 Å². The lowest BCUT2D eigenvalue weighted by Gasteiger charge is -2.11. The highest BCUT2D eigenvalue weighted by atomic mass is 16.2. The molecule has 1 aromatic rings. The van der Waals surface area contributed by atoms with Crippen molar-refractivity contribution < 1.29 is 4.79 Å². The Bertz CT molecular complexity index is 443. The average Bonchev–Trinajstić information content (AvgIpc) is 2.90. The standard InChI is InChI=1S/C13H16N4O/c14-7-10-1-3-12(4-2-10)17-13(18)16-9-11-5-6-15-8-11/h1-4,11,15H,5-6,8-9H2,(H2,16,17,18). The van der Waals surface area contributed by atoms with Gasteiger partial charge in [-0.05, 0) is 49.7 Å². The monoisotopic (exact) mass is 244 g/mol. The van der Waals surface area contributed by atoms with Crippen molar-refractivity contribution in [3.8, 4) is 6.07 Å². The van der Waals surface area contributed by atoms with E-state index in [4.69, 9.17) is 5.26 Å². The highest BCUT2D eigenvalue weighted by Gasteiger charge is 2.14. The molecule has 1 saturated heterocycles. The molecule has 0 saturated carbocycles. The van der Waals surface area contributed by atoms with E-state index in [2.05, 4.69) is 16.0 Å². The molecule has 18 heavy (non-hydrogen) atoms. The number of hydrogen-bond acceptors (Lipinski definition) is 3. The van der Waals surface area contributed by atoms with Gasteiger partial charge in [-0.15, -0.1) is 0 Å². The van der Waals surface area contributed by atoms with Crippen LogP contribution in [-0.4, -0.2) is 25.7 Å². The van der Waals surface area contributed by atoms with E-state index >= 15 is 0 Å². The van der Waals surface area contributed by atoms with Crippen molar-refractivity contribution in [1.82, 2.24) is 10.6 Å². The molecule has 0 spiro atoms. The van der Waals surface area contributed by atoms with Crippen molar-refractivity contribution in [2.45, 2.75) is 6.42 Å². The third kappa shape index (κ3) is 3.47. The van der Waals surface area contributed by atoms with E-state index in [1.807, 2.05) is 6.07 Å². The number of amides is 2. The van der Waals surface area contributed by atoms with Gasteiger partial charge in [-0.25, -0.2) is 4.79 Å². The van der Waals surface area contributed by atoms with Crippen LogP contribution < -0.4 is 16.0 Å². The molecule has 1 aromatic carbocycles. The summed E-state index contributed by atoms with van der Waals surface area (Å²) in [6.07, 6.45) is 1.11. The zero-order chi connectivity index (χ0) is 12.8. The molecule has 1 unspecified atom stereocenters. The maximum Gasteiger partial charge on any atom is 0.319 e. The summed E-state index contributed by atoms with van der Waals surface area (Å²) in [5, 5.41) is 17.5. The van der Waals surface area contributed by atoms with E-state index in [-0.39, 0.29) is 6.03 Å². The molecule has 1 aliphatic rings. The number of carbonyl (C=O) groups excluding carboxylic acids is 1. The van der Waals surface area contributed by atoms with Gasteiger partial charge in [0.1, 0.15) is 0 Å². The molecule has 1 atom stereocenters. The van der Waals surface area contributed by atoms with Crippen LogP contribution in [0.15, 0.2) is 24.3 Å². The van der Waals surface area contributed by atoms with Crippen LogP contribution in [0.25, 0.3) is 0 Å². The van der Waals surface area contributed by atoms with Crippen LogP contribution in [0.1, 0.15) is 12.0 Å². The fraction of sp³-hybridized carbons (Fsp3) is 0.385. The number of nitrogens with zero attached hydrogens (tertiary/aromatic N) is 1. The molecule has 94 valence electrons. The first-order chi connectivity index (χ1) is 8.78. The fourth-order valence-electron chi connectivity index (χ4n) is 1.93. The molecular weight excluding hydrogens is 228 g/mol. The summed E-state index contributed by atoms with van der Waals surface area (Å²) in [5.74, 6) is 0.525.